The van der Waals surface area contributed by atoms with Crippen LogP contribution in [0.5, 0.6) is 5.75 Å². The maximum atomic E-state index is 13.5. The van der Waals surface area contributed by atoms with Gasteiger partial charge in [-0.05, 0) is 44.2 Å². The Morgan fingerprint density at radius 1 is 1.25 bits per heavy atom. The van der Waals surface area contributed by atoms with Gasteiger partial charge in [0.15, 0.2) is 0 Å². The quantitative estimate of drug-likeness (QED) is 0.686. The molecule has 0 fully saturated rings. The van der Waals surface area contributed by atoms with Gasteiger partial charge in [-0.1, -0.05) is 55.5 Å². The zero-order valence-electron chi connectivity index (χ0n) is 19.3. The van der Waals surface area contributed by atoms with E-state index in [4.69, 9.17) is 4.74 Å². The highest BCUT2D eigenvalue weighted by Gasteiger charge is 2.38. The Labute approximate surface area is 192 Å². The van der Waals surface area contributed by atoms with Gasteiger partial charge in [-0.3, -0.25) is 4.90 Å². The molecule has 1 heterocycles. The lowest BCUT2D eigenvalue weighted by molar-refractivity contribution is 0.0733. The van der Waals surface area contributed by atoms with Crippen LogP contribution in [0.4, 0.5) is 0 Å². The van der Waals surface area contributed by atoms with Crippen LogP contribution in [0.2, 0.25) is 0 Å². The van der Waals surface area contributed by atoms with E-state index >= 15 is 0 Å². The number of aliphatic hydroxyl groups excluding tert-OH is 1. The average Bonchev–Trinajstić information content (AvgIpc) is 2.76. The second-order valence-electron chi connectivity index (χ2n) is 8.63. The third-order valence-corrected chi connectivity index (χ3v) is 7.86. The fraction of sp³-hybridized carbons (Fsp3) is 0.440. The van der Waals surface area contributed by atoms with E-state index < -0.39 is 16.1 Å². The summed E-state index contributed by atoms with van der Waals surface area (Å²) in [5, 5.41) is 9.75. The molecule has 7 heteroatoms. The molecular formula is C25H34N2O4S. The number of ether oxygens (including phenoxy) is 1. The molecule has 0 aromatic heterocycles. The number of likely N-dealkylation sites (N-methyl/N-ethyl adjacent to an activating group) is 1. The molecule has 0 amide bonds. The summed E-state index contributed by atoms with van der Waals surface area (Å²) >= 11 is 0. The van der Waals surface area contributed by atoms with Crippen molar-refractivity contribution in [1.82, 2.24) is 9.21 Å². The first kappa shape index (κ1) is 24.5. The summed E-state index contributed by atoms with van der Waals surface area (Å²) in [6.45, 7) is 7.12. The minimum atomic E-state index is -3.81. The molecule has 3 rings (SSSR count). The van der Waals surface area contributed by atoms with Gasteiger partial charge in [-0.25, -0.2) is 8.42 Å². The zero-order valence-corrected chi connectivity index (χ0v) is 20.1. The molecule has 1 N–H and O–H groups in total. The summed E-state index contributed by atoms with van der Waals surface area (Å²) < 4.78 is 34.8. The van der Waals surface area contributed by atoms with Gasteiger partial charge in [0.05, 0.1) is 6.61 Å². The van der Waals surface area contributed by atoms with Crippen LogP contribution in [0, 0.1) is 5.92 Å². The Morgan fingerprint density at radius 3 is 2.62 bits per heavy atom. The maximum Gasteiger partial charge on any atom is 0.247 e. The first-order valence-electron chi connectivity index (χ1n) is 11.0. The first-order chi connectivity index (χ1) is 15.3. The summed E-state index contributed by atoms with van der Waals surface area (Å²) in [6, 6.07) is 14.9. The summed E-state index contributed by atoms with van der Waals surface area (Å²) in [5.41, 5.74) is 2.09. The second kappa shape index (κ2) is 10.6. The largest absolute Gasteiger partial charge is 0.487 e. The van der Waals surface area contributed by atoms with Gasteiger partial charge in [-0.2, -0.15) is 4.31 Å². The molecule has 2 aromatic carbocycles. The maximum absolute atomic E-state index is 13.5. The lowest BCUT2D eigenvalue weighted by Crippen LogP contribution is -2.49. The summed E-state index contributed by atoms with van der Waals surface area (Å²) in [6.07, 6.45) is 3.61. The van der Waals surface area contributed by atoms with Crippen molar-refractivity contribution >= 4 is 16.1 Å². The van der Waals surface area contributed by atoms with E-state index in [1.165, 1.54) is 9.87 Å². The first-order valence-corrected chi connectivity index (χ1v) is 12.5. The molecule has 3 atom stereocenters. The van der Waals surface area contributed by atoms with Crippen molar-refractivity contribution in [3.63, 3.8) is 0 Å². The monoisotopic (exact) mass is 458 g/mol. The van der Waals surface area contributed by atoms with Crippen LogP contribution in [0.3, 0.4) is 0 Å². The second-order valence-corrected chi connectivity index (χ2v) is 10.5. The van der Waals surface area contributed by atoms with Gasteiger partial charge in [0.2, 0.25) is 10.0 Å². The van der Waals surface area contributed by atoms with E-state index in [9.17, 15) is 13.5 Å². The smallest absolute Gasteiger partial charge is 0.247 e. The predicted molar refractivity (Wildman–Crippen MR) is 128 cm³/mol. The van der Waals surface area contributed by atoms with Crippen molar-refractivity contribution < 1.29 is 18.3 Å². The molecule has 1 aliphatic rings. The number of benzene rings is 2. The summed E-state index contributed by atoms with van der Waals surface area (Å²) in [5.74, 6) is 0.288. The van der Waals surface area contributed by atoms with Crippen molar-refractivity contribution in [2.45, 2.75) is 44.4 Å². The zero-order chi connectivity index (χ0) is 23.3. The fourth-order valence-corrected chi connectivity index (χ4v) is 5.85. The Morgan fingerprint density at radius 2 is 1.97 bits per heavy atom. The molecule has 0 spiro atoms. The van der Waals surface area contributed by atoms with Gasteiger partial charge < -0.3 is 9.84 Å². The standard InChI is InChI=1S/C25H34N2O4S/c1-5-9-21-12-13-25-23(14-21)31-24(17-26(4)16-22-10-7-6-8-11-22)19(2)15-27(20(3)18-28)32(25,29)30/h5-14,19-20,24,28H,15-18H2,1-4H3/b9-5+/t19-,20-,24-/m0/s1. The number of nitrogens with zero attached hydrogens (tertiary/aromatic N) is 2. The van der Waals surface area contributed by atoms with Gasteiger partial charge in [0.1, 0.15) is 16.7 Å². The van der Waals surface area contributed by atoms with Crippen molar-refractivity contribution in [3.8, 4) is 5.75 Å². The molecule has 2 aromatic rings. The van der Waals surface area contributed by atoms with E-state index in [0.29, 0.717) is 12.3 Å². The lowest BCUT2D eigenvalue weighted by Gasteiger charge is -2.37. The van der Waals surface area contributed by atoms with Crippen molar-refractivity contribution in [3.05, 3.63) is 65.7 Å². The fourth-order valence-electron chi connectivity index (χ4n) is 4.02. The molecule has 174 valence electrons. The highest BCUT2D eigenvalue weighted by molar-refractivity contribution is 7.89. The van der Waals surface area contributed by atoms with E-state index in [2.05, 4.69) is 17.0 Å². The van der Waals surface area contributed by atoms with Gasteiger partial charge >= 0.3 is 0 Å². The Bertz CT molecular complexity index is 1020. The number of hydrogen-bond acceptors (Lipinski definition) is 5. The van der Waals surface area contributed by atoms with Crippen LogP contribution in [0.15, 0.2) is 59.5 Å². The SMILES string of the molecule is C/C=C/c1ccc2c(c1)O[C@@H](CN(C)Cc1ccccc1)[C@@H](C)CN([C@@H](C)CO)S2(=O)=O. The number of allylic oxidation sites excluding steroid dienone is 1. The molecular weight excluding hydrogens is 424 g/mol. The molecule has 6 nitrogen and oxygen atoms in total. The average molecular weight is 459 g/mol. The Balaban J connectivity index is 1.97. The van der Waals surface area contributed by atoms with Gasteiger partial charge in [0.25, 0.3) is 0 Å². The lowest BCUT2D eigenvalue weighted by atomic mass is 10.0. The van der Waals surface area contributed by atoms with Crippen LogP contribution in [-0.4, -0.2) is 61.6 Å². The van der Waals surface area contributed by atoms with Crippen LogP contribution in [0.1, 0.15) is 31.9 Å². The Kier molecular flexibility index (Phi) is 8.11. The number of hydrogen-bond donors (Lipinski definition) is 1. The predicted octanol–water partition coefficient (Wildman–Crippen LogP) is 3.62. The molecule has 0 saturated heterocycles. The number of rotatable bonds is 7. The van der Waals surface area contributed by atoms with Crippen LogP contribution in [0.25, 0.3) is 6.08 Å². The van der Waals surface area contributed by atoms with Crippen LogP contribution < -0.4 is 4.74 Å². The van der Waals surface area contributed by atoms with Gasteiger partial charge in [-0.15, -0.1) is 0 Å². The number of aliphatic hydroxyl groups is 1. The highest BCUT2D eigenvalue weighted by Crippen LogP contribution is 2.34. The van der Waals surface area contributed by atoms with Crippen molar-refractivity contribution in [1.29, 1.82) is 0 Å². The summed E-state index contributed by atoms with van der Waals surface area (Å²) in [7, 11) is -1.76. The minimum absolute atomic E-state index is 0.0736. The normalized spacial score (nSPS) is 22.2. The number of fused-ring (bicyclic) bond motifs is 1. The third-order valence-electron chi connectivity index (χ3n) is 5.84. The van der Waals surface area contributed by atoms with E-state index in [1.54, 1.807) is 25.1 Å². The molecule has 1 aliphatic heterocycles. The molecule has 0 aliphatic carbocycles. The van der Waals surface area contributed by atoms with Crippen LogP contribution in [-0.2, 0) is 16.6 Å². The molecule has 0 saturated carbocycles. The van der Waals surface area contributed by atoms with E-state index in [1.807, 2.05) is 51.2 Å². The van der Waals surface area contributed by atoms with E-state index in [-0.39, 0.29) is 30.1 Å². The molecule has 0 radical (unpaired) electrons. The van der Waals surface area contributed by atoms with E-state index in [0.717, 1.165) is 12.1 Å². The number of sulfonamides is 1. The third kappa shape index (κ3) is 5.59. The van der Waals surface area contributed by atoms with Crippen molar-refractivity contribution in [2.75, 3.05) is 26.7 Å². The molecule has 0 unspecified atom stereocenters. The highest BCUT2D eigenvalue weighted by atomic mass is 32.2. The topological polar surface area (TPSA) is 70.1 Å². The van der Waals surface area contributed by atoms with Crippen LogP contribution >= 0.6 is 0 Å². The minimum Gasteiger partial charge on any atom is -0.487 e. The molecule has 32 heavy (non-hydrogen) atoms. The molecule has 0 bridgehead atoms. The van der Waals surface area contributed by atoms with Crippen molar-refractivity contribution in [2.24, 2.45) is 5.92 Å². The van der Waals surface area contributed by atoms with Gasteiger partial charge in [0, 0.05) is 31.6 Å². The summed E-state index contributed by atoms with van der Waals surface area (Å²) in [4.78, 5) is 2.34. The Hall–Kier alpha value is -2.19.